The van der Waals surface area contributed by atoms with Crippen molar-refractivity contribution in [3.05, 3.63) is 71.0 Å². The van der Waals surface area contributed by atoms with Gasteiger partial charge < -0.3 is 14.6 Å². The van der Waals surface area contributed by atoms with Crippen molar-refractivity contribution in [2.75, 3.05) is 13.7 Å². The predicted molar refractivity (Wildman–Crippen MR) is 121 cm³/mol. The summed E-state index contributed by atoms with van der Waals surface area (Å²) in [5.41, 5.74) is 2.80. The lowest BCUT2D eigenvalue weighted by molar-refractivity contribution is 0.0953. The van der Waals surface area contributed by atoms with Crippen molar-refractivity contribution in [3.8, 4) is 5.75 Å². The second-order valence-electron chi connectivity index (χ2n) is 6.92. The zero-order valence-corrected chi connectivity index (χ0v) is 18.2. The monoisotopic (exact) mass is 455 g/mol. The maximum Gasteiger partial charge on any atom is 0.251 e. The Bertz CT molecular complexity index is 979. The van der Waals surface area contributed by atoms with Gasteiger partial charge in [0.2, 0.25) is 0 Å². The van der Waals surface area contributed by atoms with Gasteiger partial charge in [-0.2, -0.15) is 0 Å². The Balaban J connectivity index is 1.45. The molecular weight excluding hydrogens is 430 g/mol. The number of para-hydroxylation sites is 2. The quantitative estimate of drug-likeness (QED) is 0.432. The van der Waals surface area contributed by atoms with Crippen LogP contribution in [0.5, 0.6) is 5.75 Å². The highest BCUT2D eigenvalue weighted by molar-refractivity contribution is 9.11. The number of fused-ring (bicyclic) bond motifs is 1. The van der Waals surface area contributed by atoms with Crippen molar-refractivity contribution in [2.24, 2.45) is 0 Å². The van der Waals surface area contributed by atoms with Gasteiger partial charge in [-0.1, -0.05) is 41.1 Å². The van der Waals surface area contributed by atoms with Crippen LogP contribution in [-0.2, 0) is 13.0 Å². The minimum absolute atomic E-state index is 0.0507. The molecule has 6 heteroatoms. The number of methoxy groups -OCH3 is 1. The molecule has 0 spiro atoms. The highest BCUT2D eigenvalue weighted by atomic mass is 79.9. The number of amides is 1. The molecule has 1 aromatic heterocycles. The van der Waals surface area contributed by atoms with Crippen LogP contribution in [0.2, 0.25) is 0 Å². The molecule has 0 fully saturated rings. The van der Waals surface area contributed by atoms with Crippen LogP contribution < -0.4 is 10.1 Å². The molecule has 1 heterocycles. The van der Waals surface area contributed by atoms with Gasteiger partial charge in [0.05, 0.1) is 24.7 Å². The molecule has 0 atom stereocenters. The molecule has 152 valence electrons. The first-order valence-electron chi connectivity index (χ1n) is 9.78. The van der Waals surface area contributed by atoms with Crippen LogP contribution in [0, 0.1) is 0 Å². The van der Waals surface area contributed by atoms with Gasteiger partial charge in [0.25, 0.3) is 5.91 Å². The molecule has 0 saturated carbocycles. The van der Waals surface area contributed by atoms with Gasteiger partial charge in [0.15, 0.2) is 0 Å². The van der Waals surface area contributed by atoms with Gasteiger partial charge in [0.1, 0.15) is 11.6 Å². The molecule has 29 heavy (non-hydrogen) atoms. The fourth-order valence-corrected chi connectivity index (χ4v) is 3.55. The Morgan fingerprint density at radius 1 is 1.14 bits per heavy atom. The number of ether oxygens (including phenoxy) is 1. The van der Waals surface area contributed by atoms with E-state index in [1.165, 1.54) is 0 Å². The normalized spacial score (nSPS) is 10.8. The number of carbonyl (C=O) groups excluding carboxylic acids is 1. The number of benzene rings is 2. The van der Waals surface area contributed by atoms with E-state index in [1.807, 2.05) is 18.2 Å². The van der Waals surface area contributed by atoms with Crippen LogP contribution in [0.25, 0.3) is 11.0 Å². The standard InChI is InChI=1S/C23H26BrN3O2/c1-17(24)16-27-21-9-6-5-8-20(21)26-22(27)10-4-3-7-15-25-23(28)18-11-13-19(29-2)14-12-18/h5-6,8-9,11-14H,1,3-4,7,10,15-16H2,2H3,(H,25,28). The Kier molecular flexibility index (Phi) is 7.47. The smallest absolute Gasteiger partial charge is 0.251 e. The summed E-state index contributed by atoms with van der Waals surface area (Å²) in [7, 11) is 1.61. The molecule has 3 rings (SSSR count). The Labute approximate surface area is 179 Å². The van der Waals surface area contributed by atoms with E-state index in [9.17, 15) is 4.79 Å². The SMILES string of the molecule is C=C(Br)Cn1c(CCCCCNC(=O)c2ccc(OC)cc2)nc2ccccc21. The summed E-state index contributed by atoms with van der Waals surface area (Å²) in [6.45, 7) is 5.35. The van der Waals surface area contributed by atoms with E-state index in [0.717, 1.165) is 52.8 Å². The number of aromatic nitrogens is 2. The number of nitrogens with zero attached hydrogens (tertiary/aromatic N) is 2. The second-order valence-corrected chi connectivity index (χ2v) is 8.04. The maximum absolute atomic E-state index is 12.2. The van der Waals surface area contributed by atoms with Crippen molar-refractivity contribution >= 4 is 32.9 Å². The summed E-state index contributed by atoms with van der Waals surface area (Å²) in [6, 6.07) is 15.3. The van der Waals surface area contributed by atoms with E-state index in [1.54, 1.807) is 31.4 Å². The Hall–Kier alpha value is -2.60. The first-order chi connectivity index (χ1) is 14.1. The number of imidazole rings is 1. The lowest BCUT2D eigenvalue weighted by Crippen LogP contribution is -2.24. The number of allylic oxidation sites excluding steroid dienone is 1. The van der Waals surface area contributed by atoms with E-state index >= 15 is 0 Å². The molecule has 0 saturated heterocycles. The molecule has 0 aliphatic heterocycles. The van der Waals surface area contributed by atoms with Crippen molar-refractivity contribution in [3.63, 3.8) is 0 Å². The molecule has 1 N–H and O–H groups in total. The van der Waals surface area contributed by atoms with Gasteiger partial charge in [-0.25, -0.2) is 4.98 Å². The van der Waals surface area contributed by atoms with E-state index in [4.69, 9.17) is 9.72 Å². The van der Waals surface area contributed by atoms with Crippen LogP contribution in [0.15, 0.2) is 59.6 Å². The molecule has 0 bridgehead atoms. The summed E-state index contributed by atoms with van der Waals surface area (Å²) < 4.78 is 8.27. The number of aryl methyl sites for hydroxylation is 1. The number of nitrogens with one attached hydrogen (secondary N) is 1. The molecule has 5 nitrogen and oxygen atoms in total. The van der Waals surface area contributed by atoms with Crippen LogP contribution in [-0.4, -0.2) is 29.1 Å². The largest absolute Gasteiger partial charge is 0.497 e. The first-order valence-corrected chi connectivity index (χ1v) is 10.6. The molecule has 1 amide bonds. The topological polar surface area (TPSA) is 56.2 Å². The van der Waals surface area contributed by atoms with E-state index in [0.29, 0.717) is 18.7 Å². The summed E-state index contributed by atoms with van der Waals surface area (Å²) in [6.07, 6.45) is 3.90. The van der Waals surface area contributed by atoms with Crippen molar-refractivity contribution < 1.29 is 9.53 Å². The van der Waals surface area contributed by atoms with Crippen molar-refractivity contribution in [1.29, 1.82) is 0 Å². The number of halogens is 1. The molecular formula is C23H26BrN3O2. The van der Waals surface area contributed by atoms with E-state index in [-0.39, 0.29) is 5.91 Å². The minimum Gasteiger partial charge on any atom is -0.497 e. The highest BCUT2D eigenvalue weighted by Crippen LogP contribution is 2.20. The maximum atomic E-state index is 12.2. The van der Waals surface area contributed by atoms with Gasteiger partial charge in [-0.15, -0.1) is 0 Å². The van der Waals surface area contributed by atoms with Gasteiger partial charge in [-0.05, 0) is 49.2 Å². The molecule has 3 aromatic rings. The summed E-state index contributed by atoms with van der Waals surface area (Å²) in [4.78, 5) is 17.0. The average Bonchev–Trinajstić information content (AvgIpc) is 3.07. The van der Waals surface area contributed by atoms with Crippen molar-refractivity contribution in [2.45, 2.75) is 32.2 Å². The van der Waals surface area contributed by atoms with Crippen molar-refractivity contribution in [1.82, 2.24) is 14.9 Å². The highest BCUT2D eigenvalue weighted by Gasteiger charge is 2.10. The lowest BCUT2D eigenvalue weighted by Gasteiger charge is -2.09. The molecule has 0 unspecified atom stereocenters. The third kappa shape index (κ3) is 5.70. The third-order valence-electron chi connectivity index (χ3n) is 4.78. The average molecular weight is 456 g/mol. The molecule has 0 aliphatic carbocycles. The Morgan fingerprint density at radius 3 is 2.62 bits per heavy atom. The zero-order valence-electron chi connectivity index (χ0n) is 16.7. The first kappa shape index (κ1) is 21.1. The molecule has 0 aliphatic rings. The van der Waals surface area contributed by atoms with Gasteiger partial charge in [0, 0.05) is 23.0 Å². The number of hydrogen-bond acceptors (Lipinski definition) is 3. The molecule has 2 aromatic carbocycles. The lowest BCUT2D eigenvalue weighted by atomic mass is 10.1. The number of carbonyl (C=O) groups is 1. The minimum atomic E-state index is -0.0507. The van der Waals surface area contributed by atoms with Gasteiger partial charge >= 0.3 is 0 Å². The molecule has 0 radical (unpaired) electrons. The number of hydrogen-bond donors (Lipinski definition) is 1. The fraction of sp³-hybridized carbons (Fsp3) is 0.304. The van der Waals surface area contributed by atoms with Gasteiger partial charge in [-0.3, -0.25) is 4.79 Å². The second kappa shape index (κ2) is 10.3. The predicted octanol–water partition coefficient (Wildman–Crippen LogP) is 5.10. The number of unbranched alkanes of at least 4 members (excludes halogenated alkanes) is 2. The number of rotatable bonds is 10. The Morgan fingerprint density at radius 2 is 1.90 bits per heavy atom. The van der Waals surface area contributed by atoms with Crippen LogP contribution >= 0.6 is 15.9 Å². The van der Waals surface area contributed by atoms with E-state index < -0.39 is 0 Å². The van der Waals surface area contributed by atoms with Crippen LogP contribution in [0.4, 0.5) is 0 Å². The zero-order chi connectivity index (χ0) is 20.6. The third-order valence-corrected chi connectivity index (χ3v) is 5.03. The summed E-state index contributed by atoms with van der Waals surface area (Å²) in [5.74, 6) is 1.77. The summed E-state index contributed by atoms with van der Waals surface area (Å²) >= 11 is 3.47. The fourth-order valence-electron chi connectivity index (χ4n) is 3.30. The van der Waals surface area contributed by atoms with E-state index in [2.05, 4.69) is 38.5 Å². The summed E-state index contributed by atoms with van der Waals surface area (Å²) in [5, 5.41) is 2.98. The van der Waals surface area contributed by atoms with Crippen LogP contribution in [0.3, 0.4) is 0 Å². The van der Waals surface area contributed by atoms with Crippen LogP contribution in [0.1, 0.15) is 35.4 Å².